The third kappa shape index (κ3) is 4.99. The van der Waals surface area contributed by atoms with E-state index < -0.39 is 7.52 Å². The van der Waals surface area contributed by atoms with Crippen LogP contribution in [0.4, 0.5) is 0 Å². The molecule has 0 amide bonds. The molecular formula is C17H24N2O2P+. The van der Waals surface area contributed by atoms with Gasteiger partial charge in [0.25, 0.3) is 0 Å². The quantitative estimate of drug-likeness (QED) is 0.630. The molecule has 0 unspecified atom stereocenters. The van der Waals surface area contributed by atoms with Crippen LogP contribution in [0.1, 0.15) is 0 Å². The molecule has 118 valence electrons. The van der Waals surface area contributed by atoms with Crippen molar-refractivity contribution in [2.24, 2.45) is 0 Å². The molecule has 0 spiro atoms. The Balaban J connectivity index is 2.19. The highest BCUT2D eigenvalue weighted by Crippen LogP contribution is 2.41. The van der Waals surface area contributed by atoms with Crippen molar-refractivity contribution in [3.8, 4) is 5.75 Å². The summed E-state index contributed by atoms with van der Waals surface area (Å²) in [5, 5.41) is 3.82. The van der Waals surface area contributed by atoms with Crippen molar-refractivity contribution in [3.05, 3.63) is 60.7 Å². The molecule has 0 aromatic heterocycles. The Kier molecular flexibility index (Phi) is 5.41. The van der Waals surface area contributed by atoms with Crippen molar-refractivity contribution in [1.82, 2.24) is 5.09 Å². The van der Waals surface area contributed by atoms with E-state index in [-0.39, 0.29) is 0 Å². The van der Waals surface area contributed by atoms with Crippen molar-refractivity contribution >= 4 is 12.8 Å². The number of hydrogen-bond acceptors (Lipinski definition) is 2. The first-order chi connectivity index (χ1) is 10.4. The van der Waals surface area contributed by atoms with Gasteiger partial charge in [0, 0.05) is 0 Å². The second-order valence-electron chi connectivity index (χ2n) is 6.21. The summed E-state index contributed by atoms with van der Waals surface area (Å²) < 4.78 is 20.0. The molecule has 0 bridgehead atoms. The number of benzene rings is 2. The topological polar surface area (TPSA) is 38.3 Å². The molecule has 0 aliphatic carbocycles. The van der Waals surface area contributed by atoms with Gasteiger partial charge in [-0.2, -0.15) is 0 Å². The molecule has 4 nitrogen and oxygen atoms in total. The fourth-order valence-electron chi connectivity index (χ4n) is 1.96. The SMILES string of the molecule is C[N+](C)(C)CCN[P@@](=O)(Oc1ccccc1)c1ccccc1. The second kappa shape index (κ2) is 7.10. The van der Waals surface area contributed by atoms with Crippen LogP contribution < -0.4 is 14.9 Å². The predicted molar refractivity (Wildman–Crippen MR) is 91.7 cm³/mol. The Hall–Kier alpha value is -1.61. The molecule has 2 aromatic carbocycles. The summed E-state index contributed by atoms with van der Waals surface area (Å²) in [4.78, 5) is 0. The summed E-state index contributed by atoms with van der Waals surface area (Å²) in [6.07, 6.45) is 0. The van der Waals surface area contributed by atoms with Crippen LogP contribution in [0.5, 0.6) is 5.75 Å². The van der Waals surface area contributed by atoms with Crippen LogP contribution in [0.15, 0.2) is 60.7 Å². The molecular weight excluding hydrogens is 295 g/mol. The van der Waals surface area contributed by atoms with E-state index in [1.807, 2.05) is 60.7 Å². The second-order valence-corrected chi connectivity index (χ2v) is 8.33. The monoisotopic (exact) mass is 319 g/mol. The number of hydrogen-bond donors (Lipinski definition) is 1. The molecule has 0 radical (unpaired) electrons. The number of rotatable bonds is 7. The van der Waals surface area contributed by atoms with Crippen LogP contribution in [0.3, 0.4) is 0 Å². The smallest absolute Gasteiger partial charge is 0.347 e. The third-order valence-electron chi connectivity index (χ3n) is 3.18. The van der Waals surface area contributed by atoms with Crippen LogP contribution in [0, 0.1) is 0 Å². The lowest BCUT2D eigenvalue weighted by Gasteiger charge is -2.26. The third-order valence-corrected chi connectivity index (χ3v) is 5.26. The minimum Gasteiger partial charge on any atom is -0.430 e. The molecule has 5 heteroatoms. The Labute approximate surface area is 132 Å². The summed E-state index contributed by atoms with van der Waals surface area (Å²) in [5.41, 5.74) is 0. The van der Waals surface area contributed by atoms with Crippen molar-refractivity contribution < 1.29 is 13.6 Å². The first kappa shape index (κ1) is 16.8. The van der Waals surface area contributed by atoms with E-state index in [0.717, 1.165) is 11.0 Å². The molecule has 1 atom stereocenters. The van der Waals surface area contributed by atoms with E-state index in [1.54, 1.807) is 0 Å². The van der Waals surface area contributed by atoms with Crippen LogP contribution in [-0.4, -0.2) is 38.7 Å². The number of para-hydroxylation sites is 1. The zero-order valence-electron chi connectivity index (χ0n) is 13.4. The molecule has 0 aliphatic rings. The standard InChI is InChI=1S/C17H24N2O2P/c1-19(2,3)15-14-18-22(20,17-12-8-5-9-13-17)21-16-10-6-4-7-11-16/h4-13H,14-15H2,1-3H3,(H,18,20)/q+1/t22-/m0/s1. The molecule has 2 rings (SSSR count). The van der Waals surface area contributed by atoms with E-state index in [2.05, 4.69) is 26.2 Å². The average Bonchev–Trinajstić information content (AvgIpc) is 2.48. The predicted octanol–water partition coefficient (Wildman–Crippen LogP) is 2.88. The lowest BCUT2D eigenvalue weighted by molar-refractivity contribution is -0.869. The maximum Gasteiger partial charge on any atom is 0.347 e. The zero-order valence-corrected chi connectivity index (χ0v) is 14.3. The number of quaternary nitrogens is 1. The van der Waals surface area contributed by atoms with E-state index in [9.17, 15) is 4.57 Å². The number of nitrogens with zero attached hydrogens (tertiary/aromatic N) is 1. The number of likely N-dealkylation sites (N-methyl/N-ethyl adjacent to an activating group) is 1. The first-order valence-electron chi connectivity index (χ1n) is 7.35. The van der Waals surface area contributed by atoms with Crippen molar-refractivity contribution in [2.45, 2.75) is 0 Å². The first-order valence-corrected chi connectivity index (χ1v) is 8.97. The van der Waals surface area contributed by atoms with Gasteiger partial charge in [-0.3, -0.25) is 4.57 Å². The van der Waals surface area contributed by atoms with Gasteiger partial charge in [0.15, 0.2) is 0 Å². The van der Waals surface area contributed by atoms with Crippen molar-refractivity contribution in [3.63, 3.8) is 0 Å². The maximum atomic E-state index is 13.3. The van der Waals surface area contributed by atoms with Crippen LogP contribution in [-0.2, 0) is 4.57 Å². The van der Waals surface area contributed by atoms with Crippen LogP contribution >= 0.6 is 7.52 Å². The fourth-order valence-corrected chi connectivity index (χ4v) is 3.69. The Morgan fingerprint density at radius 3 is 2.05 bits per heavy atom. The summed E-state index contributed by atoms with van der Waals surface area (Å²) in [6, 6.07) is 18.6. The minimum atomic E-state index is -3.14. The van der Waals surface area contributed by atoms with E-state index in [4.69, 9.17) is 4.52 Å². The van der Waals surface area contributed by atoms with Gasteiger partial charge in [-0.05, 0) is 24.3 Å². The molecule has 0 saturated carbocycles. The molecule has 2 aromatic rings. The lowest BCUT2D eigenvalue weighted by Crippen LogP contribution is -2.40. The maximum absolute atomic E-state index is 13.3. The van der Waals surface area contributed by atoms with Gasteiger partial charge in [0.05, 0.1) is 39.5 Å². The highest BCUT2D eigenvalue weighted by atomic mass is 31.2. The molecule has 0 heterocycles. The van der Waals surface area contributed by atoms with E-state index in [0.29, 0.717) is 17.6 Å². The van der Waals surface area contributed by atoms with Crippen molar-refractivity contribution in [2.75, 3.05) is 34.2 Å². The van der Waals surface area contributed by atoms with E-state index in [1.165, 1.54) is 0 Å². The summed E-state index contributed by atoms with van der Waals surface area (Å²) in [5.74, 6) is 0.604. The molecule has 0 aliphatic heterocycles. The van der Waals surface area contributed by atoms with Gasteiger partial charge in [0.2, 0.25) is 0 Å². The average molecular weight is 319 g/mol. The summed E-state index contributed by atoms with van der Waals surface area (Å²) in [6.45, 7) is 1.47. The summed E-state index contributed by atoms with van der Waals surface area (Å²) >= 11 is 0. The van der Waals surface area contributed by atoms with Gasteiger partial charge in [-0.15, -0.1) is 0 Å². The molecule has 0 fully saturated rings. The van der Waals surface area contributed by atoms with Crippen LogP contribution in [0.2, 0.25) is 0 Å². The Morgan fingerprint density at radius 2 is 1.50 bits per heavy atom. The molecule has 0 saturated heterocycles. The Morgan fingerprint density at radius 1 is 0.955 bits per heavy atom. The van der Waals surface area contributed by atoms with Gasteiger partial charge < -0.3 is 9.01 Å². The largest absolute Gasteiger partial charge is 0.430 e. The van der Waals surface area contributed by atoms with E-state index >= 15 is 0 Å². The molecule has 22 heavy (non-hydrogen) atoms. The number of nitrogens with one attached hydrogen (secondary N) is 1. The van der Waals surface area contributed by atoms with Crippen LogP contribution in [0.25, 0.3) is 0 Å². The lowest BCUT2D eigenvalue weighted by atomic mass is 10.3. The van der Waals surface area contributed by atoms with Gasteiger partial charge >= 0.3 is 7.52 Å². The fraction of sp³-hybridized carbons (Fsp3) is 0.294. The van der Waals surface area contributed by atoms with Gasteiger partial charge in [0.1, 0.15) is 5.75 Å². The summed E-state index contributed by atoms with van der Waals surface area (Å²) in [7, 11) is 3.17. The van der Waals surface area contributed by atoms with Gasteiger partial charge in [-0.1, -0.05) is 36.4 Å². The highest BCUT2D eigenvalue weighted by Gasteiger charge is 2.27. The van der Waals surface area contributed by atoms with Gasteiger partial charge in [-0.25, -0.2) is 5.09 Å². The zero-order chi connectivity index (χ0) is 16.1. The van der Waals surface area contributed by atoms with Crippen molar-refractivity contribution in [1.29, 1.82) is 0 Å². The minimum absolute atomic E-state index is 0.604. The Bertz CT molecular complexity index is 624. The highest BCUT2D eigenvalue weighted by molar-refractivity contribution is 7.65. The normalized spacial score (nSPS) is 14.3. The molecule has 1 N–H and O–H groups in total.